The maximum atomic E-state index is 12.9. The predicted molar refractivity (Wildman–Crippen MR) is 182 cm³/mol. The number of nitrogens with zero attached hydrogens (tertiary/aromatic N) is 8. The summed E-state index contributed by atoms with van der Waals surface area (Å²) in [4.78, 5) is 77.5. The predicted octanol–water partition coefficient (Wildman–Crippen LogP) is 2.98. The van der Waals surface area contributed by atoms with Crippen LogP contribution in [-0.2, 0) is 24.0 Å². The summed E-state index contributed by atoms with van der Waals surface area (Å²) < 4.78 is 4.81. The maximum absolute atomic E-state index is 12.9. The van der Waals surface area contributed by atoms with Gasteiger partial charge in [0.1, 0.15) is 32.6 Å². The molecule has 2 amide bonds. The lowest BCUT2D eigenvalue weighted by Gasteiger charge is -2.22. The van der Waals surface area contributed by atoms with Gasteiger partial charge in [0.05, 0.1) is 31.6 Å². The normalized spacial score (nSPS) is 18.2. The topological polar surface area (TPSA) is 199 Å². The van der Waals surface area contributed by atoms with Gasteiger partial charge in [-0.25, -0.2) is 29.5 Å². The minimum Gasteiger partial charge on any atom is -0.480 e. The zero-order valence-electron chi connectivity index (χ0n) is 27.9. The van der Waals surface area contributed by atoms with Crippen LogP contribution in [0.1, 0.15) is 33.6 Å². The smallest absolute Gasteiger partial charge is 0.329 e. The third-order valence-electron chi connectivity index (χ3n) is 8.02. The van der Waals surface area contributed by atoms with Gasteiger partial charge < -0.3 is 29.3 Å². The Balaban J connectivity index is 0.000000198. The van der Waals surface area contributed by atoms with Crippen LogP contribution in [0, 0.1) is 0 Å². The summed E-state index contributed by atoms with van der Waals surface area (Å²) >= 11 is 0. The third kappa shape index (κ3) is 8.54. The molecule has 2 atom stereocenters. The standard InChI is InChI=1S/C18H18N4O4.C17H16N4O4/c1-25-18(24)15-10-14(21-26-2)11-22(15)17(23)13-6-4-12(5-7-13)16-19-8-3-9-20-16;1-25-20-14-6-15(17(23)24)21(9-14)16(22)12-4-2-11(3-5-12)13-7-18-10-19-8-13/h3-9,15H,10-11H2,1-2H3;2-5,7-8,10,15H,6,9H2,1H3,(H,23,24)/t2*15-/m00/s1. The van der Waals surface area contributed by atoms with Crippen LogP contribution in [0.25, 0.3) is 22.5 Å². The molecule has 2 saturated heterocycles. The van der Waals surface area contributed by atoms with Crippen LogP contribution in [0.3, 0.4) is 0 Å². The summed E-state index contributed by atoms with van der Waals surface area (Å²) in [5, 5.41) is 17.0. The molecule has 0 spiro atoms. The summed E-state index contributed by atoms with van der Waals surface area (Å²) in [6, 6.07) is 13.9. The molecule has 2 aliphatic rings. The van der Waals surface area contributed by atoms with E-state index >= 15 is 0 Å². The SMILES string of the molecule is CON=C1C[C@@H](C(=O)O)N(C(=O)c2ccc(-c3cncnc3)cc2)C1.CON=C1C[C@@H](C(=O)OC)N(C(=O)c2ccc(-c3ncccn3)cc2)C1. The minimum atomic E-state index is -1.06. The minimum absolute atomic E-state index is 0.137. The lowest BCUT2D eigenvalue weighted by molar-refractivity contribution is -0.145. The second-order valence-corrected chi connectivity index (χ2v) is 11.2. The van der Waals surface area contributed by atoms with E-state index in [9.17, 15) is 24.3 Å². The average molecular weight is 695 g/mol. The first-order valence-corrected chi connectivity index (χ1v) is 15.6. The number of aromatic nitrogens is 4. The molecule has 2 aromatic heterocycles. The van der Waals surface area contributed by atoms with Gasteiger partial charge in [-0.15, -0.1) is 0 Å². The number of carboxylic acid groups (broad SMARTS) is 1. The highest BCUT2D eigenvalue weighted by molar-refractivity contribution is 6.05. The van der Waals surface area contributed by atoms with Gasteiger partial charge in [0.15, 0.2) is 5.82 Å². The molecular weight excluding hydrogens is 660 g/mol. The maximum Gasteiger partial charge on any atom is 0.329 e. The lowest BCUT2D eigenvalue weighted by atomic mass is 10.1. The third-order valence-corrected chi connectivity index (χ3v) is 8.02. The number of carboxylic acids is 1. The van der Waals surface area contributed by atoms with Gasteiger partial charge in [0, 0.05) is 59.9 Å². The molecule has 0 aliphatic carbocycles. The van der Waals surface area contributed by atoms with E-state index in [1.54, 1.807) is 79.4 Å². The van der Waals surface area contributed by atoms with E-state index in [4.69, 9.17) is 14.4 Å². The summed E-state index contributed by atoms with van der Waals surface area (Å²) in [6.45, 7) is 0.355. The van der Waals surface area contributed by atoms with Crippen LogP contribution in [0.2, 0.25) is 0 Å². The van der Waals surface area contributed by atoms with Gasteiger partial charge in [-0.2, -0.15) is 0 Å². The molecule has 51 heavy (non-hydrogen) atoms. The molecule has 0 bridgehead atoms. The van der Waals surface area contributed by atoms with Crippen molar-refractivity contribution in [2.75, 3.05) is 34.4 Å². The Bertz CT molecular complexity index is 1910. The fourth-order valence-electron chi connectivity index (χ4n) is 5.59. The summed E-state index contributed by atoms with van der Waals surface area (Å²) in [7, 11) is 4.11. The van der Waals surface area contributed by atoms with Crippen molar-refractivity contribution in [1.29, 1.82) is 0 Å². The molecule has 2 fully saturated rings. The Kier molecular flexibility index (Phi) is 11.7. The van der Waals surface area contributed by atoms with Crippen molar-refractivity contribution < 1.29 is 38.7 Å². The van der Waals surface area contributed by atoms with Gasteiger partial charge in [0.2, 0.25) is 0 Å². The molecule has 16 heteroatoms. The largest absolute Gasteiger partial charge is 0.480 e. The van der Waals surface area contributed by atoms with Gasteiger partial charge >= 0.3 is 11.9 Å². The fraction of sp³-hybridized carbons (Fsp3) is 0.257. The molecule has 262 valence electrons. The van der Waals surface area contributed by atoms with Crippen LogP contribution in [0.15, 0.2) is 96.0 Å². The number of hydrogen-bond acceptors (Lipinski definition) is 13. The highest BCUT2D eigenvalue weighted by Gasteiger charge is 2.40. The monoisotopic (exact) mass is 694 g/mol. The Morgan fingerprint density at radius 3 is 1.69 bits per heavy atom. The number of likely N-dealkylation sites (tertiary alicyclic amines) is 2. The molecule has 16 nitrogen and oxygen atoms in total. The van der Waals surface area contributed by atoms with E-state index in [-0.39, 0.29) is 31.3 Å². The van der Waals surface area contributed by atoms with Crippen molar-refractivity contribution in [3.8, 4) is 22.5 Å². The van der Waals surface area contributed by atoms with Crippen molar-refractivity contribution in [3.05, 3.63) is 96.8 Å². The number of amides is 2. The molecular formula is C35H34N8O8. The quantitative estimate of drug-likeness (QED) is 0.209. The number of methoxy groups -OCH3 is 1. The first-order valence-electron chi connectivity index (χ1n) is 15.6. The van der Waals surface area contributed by atoms with E-state index in [0.717, 1.165) is 16.7 Å². The van der Waals surface area contributed by atoms with Crippen molar-refractivity contribution in [1.82, 2.24) is 29.7 Å². The number of rotatable bonds is 8. The zero-order valence-corrected chi connectivity index (χ0v) is 27.9. The van der Waals surface area contributed by atoms with Crippen molar-refractivity contribution in [2.45, 2.75) is 24.9 Å². The average Bonchev–Trinajstić information content (AvgIpc) is 3.80. The number of hydrogen-bond donors (Lipinski definition) is 1. The molecule has 1 N–H and O–H groups in total. The second kappa shape index (κ2) is 16.7. The highest BCUT2D eigenvalue weighted by Crippen LogP contribution is 2.24. The Hall–Kier alpha value is -6.58. The number of ether oxygens (including phenoxy) is 1. The molecule has 6 rings (SSSR count). The molecule has 4 aromatic rings. The molecule has 0 radical (unpaired) electrons. The first kappa shape index (κ1) is 35.7. The number of carbonyl (C=O) groups is 4. The number of benzene rings is 2. The number of oxime groups is 2. The van der Waals surface area contributed by atoms with Gasteiger partial charge in [-0.3, -0.25) is 9.59 Å². The highest BCUT2D eigenvalue weighted by atomic mass is 16.6. The Morgan fingerprint density at radius 1 is 0.706 bits per heavy atom. The Morgan fingerprint density at radius 2 is 1.20 bits per heavy atom. The van der Waals surface area contributed by atoms with E-state index in [2.05, 4.69) is 30.2 Å². The van der Waals surface area contributed by atoms with Gasteiger partial charge in [0.25, 0.3) is 11.8 Å². The molecule has 0 unspecified atom stereocenters. The van der Waals surface area contributed by atoms with Gasteiger partial charge in [-0.1, -0.05) is 34.6 Å². The second-order valence-electron chi connectivity index (χ2n) is 11.2. The summed E-state index contributed by atoms with van der Waals surface area (Å²) in [5.41, 5.74) is 4.51. The van der Waals surface area contributed by atoms with Crippen LogP contribution in [0.5, 0.6) is 0 Å². The number of aliphatic carboxylic acids is 1. The Labute approximate surface area is 292 Å². The summed E-state index contributed by atoms with van der Waals surface area (Å²) in [6.07, 6.45) is 8.57. The number of esters is 1. The number of carbonyl (C=O) groups excluding carboxylic acids is 3. The van der Waals surface area contributed by atoms with E-state index in [0.29, 0.717) is 34.8 Å². The van der Waals surface area contributed by atoms with Crippen LogP contribution >= 0.6 is 0 Å². The van der Waals surface area contributed by atoms with Crippen LogP contribution in [-0.4, -0.2) is 117 Å². The van der Waals surface area contributed by atoms with Crippen molar-refractivity contribution in [2.24, 2.45) is 10.3 Å². The van der Waals surface area contributed by atoms with Gasteiger partial charge in [-0.05, 0) is 35.9 Å². The van der Waals surface area contributed by atoms with Crippen molar-refractivity contribution in [3.63, 3.8) is 0 Å². The zero-order chi connectivity index (χ0) is 36.3. The van der Waals surface area contributed by atoms with E-state index in [1.807, 2.05) is 0 Å². The van der Waals surface area contributed by atoms with Crippen molar-refractivity contribution >= 4 is 35.2 Å². The van der Waals surface area contributed by atoms with E-state index in [1.165, 1.54) is 37.5 Å². The first-order chi connectivity index (χ1) is 24.7. The van der Waals surface area contributed by atoms with E-state index < -0.39 is 24.0 Å². The molecule has 2 aliphatic heterocycles. The molecule has 0 saturated carbocycles. The van der Waals surface area contributed by atoms with Crippen LogP contribution in [0.4, 0.5) is 0 Å². The lowest BCUT2D eigenvalue weighted by Crippen LogP contribution is -2.41. The summed E-state index contributed by atoms with van der Waals surface area (Å²) in [5.74, 6) is -1.59. The fourth-order valence-corrected chi connectivity index (χ4v) is 5.59. The van der Waals surface area contributed by atoms with Crippen LogP contribution < -0.4 is 0 Å². The molecule has 4 heterocycles. The molecule has 2 aromatic carbocycles.